The molecule has 2 aliphatic rings. The van der Waals surface area contributed by atoms with E-state index in [1.54, 1.807) is 48.5 Å². The second kappa shape index (κ2) is 11.0. The Morgan fingerprint density at radius 3 is 1.24 bits per heavy atom. The van der Waals surface area contributed by atoms with E-state index in [9.17, 15) is 40.9 Å². The van der Waals surface area contributed by atoms with Crippen LogP contribution < -0.4 is 9.47 Å². The molecule has 0 spiro atoms. The second-order valence-electron chi connectivity index (χ2n) is 9.99. The van der Waals surface area contributed by atoms with Crippen molar-refractivity contribution in [3.63, 3.8) is 0 Å². The summed E-state index contributed by atoms with van der Waals surface area (Å²) in [6.45, 7) is 1.40. The maximum Gasteiger partial charge on any atom is 0.231 e. The number of ether oxygens (including phenoxy) is 4. The van der Waals surface area contributed by atoms with Crippen molar-refractivity contribution in [1.29, 1.82) is 0 Å². The predicted molar refractivity (Wildman–Crippen MR) is 130 cm³/mol. The van der Waals surface area contributed by atoms with Gasteiger partial charge in [-0.25, -0.2) is 0 Å². The molecule has 210 valence electrons. The summed E-state index contributed by atoms with van der Waals surface area (Å²) in [5.74, 6) is 0.630. The first-order valence-electron chi connectivity index (χ1n) is 12.1. The zero-order valence-electron chi connectivity index (χ0n) is 20.9. The third-order valence-corrected chi connectivity index (χ3v) is 7.05. The summed E-state index contributed by atoms with van der Waals surface area (Å²) in [5.41, 5.74) is -2.28. The molecule has 2 saturated heterocycles. The normalized spacial score (nSPS) is 39.5. The molecule has 2 aromatic rings. The lowest BCUT2D eigenvalue weighted by molar-refractivity contribution is -0.314. The highest BCUT2D eigenvalue weighted by atomic mass is 16.7. The number of rotatable bonds is 7. The van der Waals surface area contributed by atoms with E-state index in [4.69, 9.17) is 18.9 Å². The van der Waals surface area contributed by atoms with Crippen LogP contribution in [0.15, 0.2) is 48.5 Å². The molecule has 8 N–H and O–H groups in total. The van der Waals surface area contributed by atoms with Crippen LogP contribution in [0, 0.1) is 0 Å². The summed E-state index contributed by atoms with van der Waals surface area (Å²) in [6.07, 6.45) is -11.1. The van der Waals surface area contributed by atoms with E-state index in [0.29, 0.717) is 11.5 Å². The van der Waals surface area contributed by atoms with E-state index in [0.717, 1.165) is 11.1 Å². The van der Waals surface area contributed by atoms with E-state index in [1.165, 1.54) is 13.8 Å². The Labute approximate surface area is 218 Å². The predicted octanol–water partition coefficient (Wildman–Crippen LogP) is -1.51. The van der Waals surface area contributed by atoms with Crippen molar-refractivity contribution < 1.29 is 59.8 Å². The van der Waals surface area contributed by atoms with Gasteiger partial charge in [0.2, 0.25) is 12.6 Å². The Hall–Kier alpha value is -2.36. The first-order valence-corrected chi connectivity index (χ1v) is 12.1. The molecule has 2 aliphatic heterocycles. The molecule has 0 bridgehead atoms. The Balaban J connectivity index is 1.43. The summed E-state index contributed by atoms with van der Waals surface area (Å²) in [7, 11) is 0. The molecule has 4 rings (SSSR count). The molecule has 0 radical (unpaired) electrons. The van der Waals surface area contributed by atoms with Crippen molar-refractivity contribution in [2.45, 2.75) is 74.3 Å². The Morgan fingerprint density at radius 1 is 0.632 bits per heavy atom. The molecule has 2 fully saturated rings. The lowest BCUT2D eigenvalue weighted by Crippen LogP contribution is -2.66. The fraction of sp³-hybridized carbons (Fsp3) is 0.538. The van der Waals surface area contributed by atoms with E-state index in [1.807, 2.05) is 0 Å². The van der Waals surface area contributed by atoms with Crippen molar-refractivity contribution in [2.24, 2.45) is 0 Å². The molecular formula is C26H34O12. The monoisotopic (exact) mass is 538 g/mol. The zero-order valence-corrected chi connectivity index (χ0v) is 20.9. The molecule has 12 heteroatoms. The van der Waals surface area contributed by atoms with Gasteiger partial charge < -0.3 is 59.8 Å². The maximum absolute atomic E-state index is 10.6. The largest absolute Gasteiger partial charge is 0.462 e. The summed E-state index contributed by atoms with van der Waals surface area (Å²) >= 11 is 0. The molecule has 2 aromatic carbocycles. The molecule has 1 unspecified atom stereocenters. The molecular weight excluding hydrogens is 504 g/mol. The van der Waals surface area contributed by atoms with E-state index < -0.39 is 73.6 Å². The Bertz CT molecular complexity index is 971. The third-order valence-electron chi connectivity index (χ3n) is 7.05. The summed E-state index contributed by atoms with van der Waals surface area (Å²) < 4.78 is 22.3. The smallest absolute Gasteiger partial charge is 0.231 e. The first kappa shape index (κ1) is 28.6. The van der Waals surface area contributed by atoms with Gasteiger partial charge in [-0.2, -0.15) is 0 Å². The highest BCUT2D eigenvalue weighted by Crippen LogP contribution is 2.34. The highest BCUT2D eigenvalue weighted by molar-refractivity contribution is 5.64. The van der Waals surface area contributed by atoms with Gasteiger partial charge in [0.05, 0.1) is 13.2 Å². The Morgan fingerprint density at radius 2 is 0.947 bits per heavy atom. The number of hydrogen-bond donors (Lipinski definition) is 8. The lowest BCUT2D eigenvalue weighted by Gasteiger charge is -2.45. The molecule has 2 heterocycles. The van der Waals surface area contributed by atoms with Crippen molar-refractivity contribution in [3.8, 4) is 22.6 Å². The average molecular weight is 539 g/mol. The molecule has 10 atom stereocenters. The first-order chi connectivity index (χ1) is 17.9. The van der Waals surface area contributed by atoms with Gasteiger partial charge in [-0.1, -0.05) is 24.3 Å². The lowest BCUT2D eigenvalue weighted by atomic mass is 9.88. The molecule has 12 nitrogen and oxygen atoms in total. The van der Waals surface area contributed by atoms with Crippen LogP contribution in [0.2, 0.25) is 0 Å². The van der Waals surface area contributed by atoms with Crippen LogP contribution in [0.4, 0.5) is 0 Å². The molecule has 0 amide bonds. The van der Waals surface area contributed by atoms with Crippen LogP contribution in [0.3, 0.4) is 0 Å². The summed E-state index contributed by atoms with van der Waals surface area (Å²) in [6, 6.07) is 13.5. The van der Waals surface area contributed by atoms with Crippen LogP contribution in [0.5, 0.6) is 11.5 Å². The number of benzene rings is 2. The SMILES string of the molecule is C[C@@]1(O)[C@@H](Oc2ccc(-c3ccc(OC4O[C@H](CO)[C@@H](O)[C@H](O)[C@]4(C)O)cc3)cc2)O[C@H](CO)[C@@H](O)[C@@H]1O. The van der Waals surface area contributed by atoms with Crippen molar-refractivity contribution in [2.75, 3.05) is 13.2 Å². The molecule has 38 heavy (non-hydrogen) atoms. The minimum Gasteiger partial charge on any atom is -0.462 e. The van der Waals surface area contributed by atoms with Gasteiger partial charge in [0, 0.05) is 0 Å². The molecule has 0 aliphatic carbocycles. The van der Waals surface area contributed by atoms with Crippen LogP contribution in [0.1, 0.15) is 13.8 Å². The average Bonchev–Trinajstić information content (AvgIpc) is 2.90. The topological polar surface area (TPSA) is 199 Å². The standard InChI is InChI=1S/C26H34O12/c1-25(33)21(31)19(29)17(11-27)37-23(25)35-15-7-3-13(4-8-15)14-5-9-16(10-6-14)36-24-26(2,34)22(32)20(30)18(12-28)38-24/h3-10,17-24,27-34H,11-12H2,1-2H3/t17-,18-,19-,20-,21+,22+,23+,24?,25+,26+/m1/s1. The van der Waals surface area contributed by atoms with Gasteiger partial charge in [-0.3, -0.25) is 0 Å². The minimum atomic E-state index is -1.93. The fourth-order valence-corrected chi connectivity index (χ4v) is 4.43. The van der Waals surface area contributed by atoms with Crippen LogP contribution >= 0.6 is 0 Å². The number of aliphatic hydroxyl groups excluding tert-OH is 6. The van der Waals surface area contributed by atoms with Crippen molar-refractivity contribution >= 4 is 0 Å². The van der Waals surface area contributed by atoms with Gasteiger partial charge >= 0.3 is 0 Å². The van der Waals surface area contributed by atoms with E-state index in [-0.39, 0.29) is 0 Å². The van der Waals surface area contributed by atoms with Crippen molar-refractivity contribution in [1.82, 2.24) is 0 Å². The van der Waals surface area contributed by atoms with Crippen molar-refractivity contribution in [3.05, 3.63) is 48.5 Å². The zero-order chi connectivity index (χ0) is 27.8. The number of hydrogen-bond acceptors (Lipinski definition) is 12. The highest BCUT2D eigenvalue weighted by Gasteiger charge is 2.54. The summed E-state index contributed by atoms with van der Waals surface area (Å²) in [5, 5.41) is 80.4. The van der Waals surface area contributed by atoms with Crippen LogP contribution in [0.25, 0.3) is 11.1 Å². The third kappa shape index (κ3) is 5.38. The van der Waals surface area contributed by atoms with Gasteiger partial charge in [-0.15, -0.1) is 0 Å². The Kier molecular flexibility index (Phi) is 8.31. The second-order valence-corrected chi connectivity index (χ2v) is 9.99. The molecule has 0 aromatic heterocycles. The minimum absolute atomic E-state index is 0.315. The van der Waals surface area contributed by atoms with E-state index in [2.05, 4.69) is 0 Å². The maximum atomic E-state index is 10.6. The quantitative estimate of drug-likeness (QED) is 0.203. The molecule has 0 saturated carbocycles. The van der Waals surface area contributed by atoms with Gasteiger partial charge in [-0.05, 0) is 49.2 Å². The van der Waals surface area contributed by atoms with Gasteiger partial charge in [0.1, 0.15) is 48.1 Å². The van der Waals surface area contributed by atoms with E-state index >= 15 is 0 Å². The number of aliphatic hydroxyl groups is 8. The van der Waals surface area contributed by atoms with Crippen LogP contribution in [-0.4, -0.2) is 114 Å². The summed E-state index contributed by atoms with van der Waals surface area (Å²) in [4.78, 5) is 0. The van der Waals surface area contributed by atoms with Gasteiger partial charge in [0.15, 0.2) is 11.2 Å². The van der Waals surface area contributed by atoms with Gasteiger partial charge in [0.25, 0.3) is 0 Å². The van der Waals surface area contributed by atoms with Crippen LogP contribution in [-0.2, 0) is 9.47 Å². The fourth-order valence-electron chi connectivity index (χ4n) is 4.43.